The van der Waals surface area contributed by atoms with Crippen molar-refractivity contribution in [3.63, 3.8) is 0 Å². The van der Waals surface area contributed by atoms with Gasteiger partial charge in [0, 0.05) is 0 Å². The van der Waals surface area contributed by atoms with Crippen LogP contribution in [0.4, 0.5) is 5.69 Å². The van der Waals surface area contributed by atoms with Gasteiger partial charge in [-0.25, -0.2) is 0 Å². The molecule has 1 N–H and O–H groups in total. The van der Waals surface area contributed by atoms with E-state index in [0.717, 1.165) is 0 Å². The lowest BCUT2D eigenvalue weighted by molar-refractivity contribution is -0.118. The third kappa shape index (κ3) is 1.48. The molecule has 0 spiro atoms. The smallest absolute Gasteiger partial charge is 0.295 e. The number of hydrogen-bond donors (Lipinski definition) is 1. The summed E-state index contributed by atoms with van der Waals surface area (Å²) in [5.74, 6) is -1.05. The molecule has 102 valence electrons. The van der Waals surface area contributed by atoms with Gasteiger partial charge in [0.2, 0.25) is 0 Å². The summed E-state index contributed by atoms with van der Waals surface area (Å²) < 4.78 is 5.06. The lowest BCUT2D eigenvalue weighted by atomic mass is 10.0. The molecule has 6 nitrogen and oxygen atoms in total. The van der Waals surface area contributed by atoms with Crippen molar-refractivity contribution in [2.45, 2.75) is 13.1 Å². The number of methoxy groups -OCH3 is 1. The van der Waals surface area contributed by atoms with Crippen LogP contribution in [0, 0.1) is 0 Å². The zero-order valence-electron chi connectivity index (χ0n) is 11.0. The number of nitrogens with one attached hydrogen (secondary N) is 1. The van der Waals surface area contributed by atoms with Crippen LogP contribution in [0.5, 0.6) is 0 Å². The molecule has 20 heavy (non-hydrogen) atoms. The Morgan fingerprint density at radius 2 is 2.00 bits per heavy atom. The summed E-state index contributed by atoms with van der Waals surface area (Å²) in [5, 5.41) is 2.67. The molecule has 0 aromatic heterocycles. The van der Waals surface area contributed by atoms with Crippen molar-refractivity contribution in [3.05, 3.63) is 41.2 Å². The normalized spacial score (nSPS) is 20.5. The average molecular weight is 272 g/mol. The van der Waals surface area contributed by atoms with Gasteiger partial charge < -0.3 is 10.1 Å². The van der Waals surface area contributed by atoms with Gasteiger partial charge in [-0.05, 0) is 19.1 Å². The van der Waals surface area contributed by atoms with E-state index in [1.54, 1.807) is 24.3 Å². The highest BCUT2D eigenvalue weighted by atomic mass is 16.5. The molecule has 2 aliphatic rings. The summed E-state index contributed by atoms with van der Waals surface area (Å²) in [5.41, 5.74) is 1.06. The van der Waals surface area contributed by atoms with E-state index in [1.165, 1.54) is 18.9 Å². The van der Waals surface area contributed by atoms with E-state index in [2.05, 4.69) is 5.32 Å². The van der Waals surface area contributed by atoms with Gasteiger partial charge in [-0.1, -0.05) is 12.1 Å². The van der Waals surface area contributed by atoms with Crippen molar-refractivity contribution in [1.29, 1.82) is 0 Å². The fourth-order valence-corrected chi connectivity index (χ4v) is 2.61. The van der Waals surface area contributed by atoms with Gasteiger partial charge in [0.1, 0.15) is 6.17 Å². The minimum atomic E-state index is -0.794. The molecule has 0 fully saturated rings. The Balaban J connectivity index is 2.20. The SMILES string of the molecule is COC1=C(C(C)=O)C2NC(=O)c3ccccc3N2C1=O. The van der Waals surface area contributed by atoms with E-state index < -0.39 is 12.1 Å². The summed E-state index contributed by atoms with van der Waals surface area (Å²) in [6.07, 6.45) is -0.794. The van der Waals surface area contributed by atoms with Gasteiger partial charge in [0.25, 0.3) is 11.8 Å². The first kappa shape index (κ1) is 12.4. The molecule has 0 saturated carbocycles. The van der Waals surface area contributed by atoms with Crippen molar-refractivity contribution < 1.29 is 19.1 Å². The summed E-state index contributed by atoms with van der Waals surface area (Å²) in [6, 6.07) is 6.76. The number of Topliss-reactive ketones (excluding diaryl/α,β-unsaturated/α-hetero) is 1. The number of carbonyl (C=O) groups excluding carboxylic acids is 3. The first-order valence-electron chi connectivity index (χ1n) is 6.08. The predicted molar refractivity (Wildman–Crippen MR) is 69.9 cm³/mol. The molecule has 0 radical (unpaired) electrons. The Morgan fingerprint density at radius 3 is 2.65 bits per heavy atom. The number of anilines is 1. The molecular weight excluding hydrogens is 260 g/mol. The molecular formula is C14H12N2O4. The van der Waals surface area contributed by atoms with Crippen LogP contribution in [-0.2, 0) is 14.3 Å². The first-order chi connectivity index (χ1) is 9.56. The number of carbonyl (C=O) groups is 3. The molecule has 2 amide bonds. The average Bonchev–Trinajstić information content (AvgIpc) is 2.71. The van der Waals surface area contributed by atoms with E-state index in [-0.39, 0.29) is 23.0 Å². The number of benzene rings is 1. The maximum Gasteiger partial charge on any atom is 0.295 e. The Bertz CT molecular complexity index is 678. The number of hydrogen-bond acceptors (Lipinski definition) is 4. The number of nitrogens with zero attached hydrogens (tertiary/aromatic N) is 1. The standard InChI is InChI=1S/C14H12N2O4/c1-7(17)10-11(20-2)14(19)16-9-6-4-3-5-8(9)13(18)15-12(10)16/h3-6,12H,1-2H3,(H,15,18). The molecule has 0 bridgehead atoms. The van der Waals surface area contributed by atoms with Crippen molar-refractivity contribution in [3.8, 4) is 0 Å². The third-order valence-corrected chi connectivity index (χ3v) is 3.45. The van der Waals surface area contributed by atoms with Gasteiger partial charge in [0.05, 0.1) is 23.9 Å². The van der Waals surface area contributed by atoms with Crippen LogP contribution in [-0.4, -0.2) is 30.9 Å². The first-order valence-corrected chi connectivity index (χ1v) is 6.08. The molecule has 0 aliphatic carbocycles. The fourth-order valence-electron chi connectivity index (χ4n) is 2.61. The van der Waals surface area contributed by atoms with Gasteiger partial charge in [-0.3, -0.25) is 19.3 Å². The zero-order valence-corrected chi connectivity index (χ0v) is 11.0. The zero-order chi connectivity index (χ0) is 14.4. The van der Waals surface area contributed by atoms with E-state index in [9.17, 15) is 14.4 Å². The molecule has 3 rings (SSSR count). The molecule has 6 heteroatoms. The van der Waals surface area contributed by atoms with Crippen LogP contribution in [0.3, 0.4) is 0 Å². The van der Waals surface area contributed by atoms with Crippen molar-refractivity contribution >= 4 is 23.3 Å². The summed E-state index contributed by atoms with van der Waals surface area (Å²) in [6.45, 7) is 1.35. The van der Waals surface area contributed by atoms with Gasteiger partial charge in [-0.2, -0.15) is 0 Å². The van der Waals surface area contributed by atoms with E-state index >= 15 is 0 Å². The maximum atomic E-state index is 12.4. The lowest BCUT2D eigenvalue weighted by Gasteiger charge is -2.32. The molecule has 1 aromatic carbocycles. The minimum Gasteiger partial charge on any atom is -0.491 e. The van der Waals surface area contributed by atoms with Crippen LogP contribution in [0.2, 0.25) is 0 Å². The molecule has 2 aliphatic heterocycles. The number of para-hydroxylation sites is 1. The second-order valence-corrected chi connectivity index (χ2v) is 4.57. The van der Waals surface area contributed by atoms with Crippen LogP contribution >= 0.6 is 0 Å². The minimum absolute atomic E-state index is 0.0143. The largest absolute Gasteiger partial charge is 0.491 e. The Kier molecular flexibility index (Phi) is 2.60. The lowest BCUT2D eigenvalue weighted by Crippen LogP contribution is -2.53. The number of rotatable bonds is 2. The van der Waals surface area contributed by atoms with E-state index in [4.69, 9.17) is 4.74 Å². The number of fused-ring (bicyclic) bond motifs is 3. The fraction of sp³-hybridized carbons (Fsp3) is 0.214. The van der Waals surface area contributed by atoms with E-state index in [0.29, 0.717) is 11.3 Å². The van der Waals surface area contributed by atoms with Crippen LogP contribution in [0.1, 0.15) is 17.3 Å². The van der Waals surface area contributed by atoms with Crippen LogP contribution < -0.4 is 10.2 Å². The molecule has 2 heterocycles. The van der Waals surface area contributed by atoms with Gasteiger partial charge in [0.15, 0.2) is 11.5 Å². The number of ether oxygens (including phenoxy) is 1. The highest BCUT2D eigenvalue weighted by Gasteiger charge is 2.47. The second kappa shape index (κ2) is 4.19. The molecule has 1 atom stereocenters. The summed E-state index contributed by atoms with van der Waals surface area (Å²) in [7, 11) is 1.34. The van der Waals surface area contributed by atoms with Crippen LogP contribution in [0.15, 0.2) is 35.6 Å². The Morgan fingerprint density at radius 1 is 1.30 bits per heavy atom. The monoisotopic (exact) mass is 272 g/mol. The maximum absolute atomic E-state index is 12.4. The second-order valence-electron chi connectivity index (χ2n) is 4.57. The quantitative estimate of drug-likeness (QED) is 0.855. The van der Waals surface area contributed by atoms with Crippen LogP contribution in [0.25, 0.3) is 0 Å². The van der Waals surface area contributed by atoms with Gasteiger partial charge >= 0.3 is 0 Å². The Labute approximate surface area is 115 Å². The van der Waals surface area contributed by atoms with E-state index in [1.807, 2.05) is 0 Å². The molecule has 1 unspecified atom stereocenters. The summed E-state index contributed by atoms with van der Waals surface area (Å²) >= 11 is 0. The summed E-state index contributed by atoms with van der Waals surface area (Å²) in [4.78, 5) is 37.6. The third-order valence-electron chi connectivity index (χ3n) is 3.45. The molecule has 1 aromatic rings. The van der Waals surface area contributed by atoms with Crippen molar-refractivity contribution in [1.82, 2.24) is 5.32 Å². The Hall–Kier alpha value is -2.63. The van der Waals surface area contributed by atoms with Gasteiger partial charge in [-0.15, -0.1) is 0 Å². The number of ketones is 1. The predicted octanol–water partition coefficient (Wildman–Crippen LogP) is 0.592. The van der Waals surface area contributed by atoms with Crippen molar-refractivity contribution in [2.75, 3.05) is 12.0 Å². The highest BCUT2D eigenvalue weighted by Crippen LogP contribution is 2.35. The topological polar surface area (TPSA) is 75.7 Å². The number of amides is 2. The van der Waals surface area contributed by atoms with Crippen molar-refractivity contribution in [2.24, 2.45) is 0 Å². The molecule has 0 saturated heterocycles. The highest BCUT2D eigenvalue weighted by molar-refractivity contribution is 6.20.